The lowest BCUT2D eigenvalue weighted by Crippen LogP contribution is -2.06. The van der Waals surface area contributed by atoms with Gasteiger partial charge in [-0.05, 0) is 20.3 Å². The van der Waals surface area contributed by atoms with Crippen molar-refractivity contribution in [3.8, 4) is 0 Å². The van der Waals surface area contributed by atoms with E-state index in [0.717, 1.165) is 12.8 Å². The van der Waals surface area contributed by atoms with E-state index in [4.69, 9.17) is 5.11 Å². The SMILES string of the molecule is C=C(C)C(=O)OC.C=C(C)C(=O)OCCCO.C=CC(=O)OCCCC. The van der Waals surface area contributed by atoms with Gasteiger partial charge in [-0.2, -0.15) is 0 Å². The van der Waals surface area contributed by atoms with Crippen molar-refractivity contribution in [1.29, 1.82) is 0 Å². The van der Waals surface area contributed by atoms with Gasteiger partial charge in [0.15, 0.2) is 0 Å². The lowest BCUT2D eigenvalue weighted by Gasteiger charge is -2.00. The normalized spacial score (nSPS) is 8.50. The van der Waals surface area contributed by atoms with E-state index >= 15 is 0 Å². The fourth-order valence-corrected chi connectivity index (χ4v) is 0.903. The molecule has 0 aliphatic carbocycles. The Balaban J connectivity index is -0.000000310. The van der Waals surface area contributed by atoms with Crippen molar-refractivity contribution in [3.05, 3.63) is 37.0 Å². The Hall–Kier alpha value is -2.41. The maximum absolute atomic E-state index is 10.6. The molecular formula is C19H32O7. The molecule has 0 radical (unpaired) electrons. The maximum atomic E-state index is 10.6. The van der Waals surface area contributed by atoms with Crippen LogP contribution in [0.3, 0.4) is 0 Å². The van der Waals surface area contributed by atoms with Gasteiger partial charge in [0.25, 0.3) is 0 Å². The third-order valence-electron chi connectivity index (χ3n) is 2.33. The summed E-state index contributed by atoms with van der Waals surface area (Å²) in [6, 6.07) is 0. The van der Waals surface area contributed by atoms with Gasteiger partial charge in [-0.15, -0.1) is 0 Å². The third-order valence-corrected chi connectivity index (χ3v) is 2.33. The molecule has 0 fully saturated rings. The molecule has 0 aliphatic heterocycles. The lowest BCUT2D eigenvalue weighted by atomic mass is 10.4. The first-order chi connectivity index (χ1) is 12.2. The number of esters is 3. The lowest BCUT2D eigenvalue weighted by molar-refractivity contribution is -0.139. The molecule has 7 heteroatoms. The number of methoxy groups -OCH3 is 1. The number of carbonyl (C=O) groups is 3. The Kier molecular flexibility index (Phi) is 22.5. The highest BCUT2D eigenvalue weighted by molar-refractivity contribution is 5.87. The standard InChI is InChI=1S/C7H12O3.C7H12O2.C5H8O2/c1-6(2)7(9)10-5-3-4-8;1-3-5-6-9-7(8)4-2;1-4(2)5(6)7-3/h8H,1,3-5H2,2H3;4H,2-3,5-6H2,1H3;1H2,2-3H3. The molecule has 0 aliphatic rings. The number of carbonyl (C=O) groups excluding carboxylic acids is 3. The molecule has 0 atom stereocenters. The first-order valence-electron chi connectivity index (χ1n) is 8.14. The molecule has 26 heavy (non-hydrogen) atoms. The van der Waals surface area contributed by atoms with Gasteiger partial charge in [0.2, 0.25) is 0 Å². The molecule has 0 saturated heterocycles. The van der Waals surface area contributed by atoms with Gasteiger partial charge in [0.1, 0.15) is 0 Å². The second kappa shape index (κ2) is 20.6. The zero-order valence-electron chi connectivity index (χ0n) is 16.3. The van der Waals surface area contributed by atoms with Crippen LogP contribution in [0.2, 0.25) is 0 Å². The fourth-order valence-electron chi connectivity index (χ4n) is 0.903. The number of ether oxygens (including phenoxy) is 3. The topological polar surface area (TPSA) is 99.1 Å². The van der Waals surface area contributed by atoms with Crippen LogP contribution in [0, 0.1) is 0 Å². The van der Waals surface area contributed by atoms with Crippen molar-refractivity contribution in [2.75, 3.05) is 26.9 Å². The van der Waals surface area contributed by atoms with Crippen molar-refractivity contribution in [1.82, 2.24) is 0 Å². The van der Waals surface area contributed by atoms with E-state index in [0.29, 0.717) is 24.2 Å². The Bertz CT molecular complexity index is 453. The van der Waals surface area contributed by atoms with Gasteiger partial charge in [-0.3, -0.25) is 0 Å². The maximum Gasteiger partial charge on any atom is 0.333 e. The van der Waals surface area contributed by atoms with Crippen molar-refractivity contribution >= 4 is 17.9 Å². The molecule has 0 amide bonds. The minimum absolute atomic E-state index is 0.0451. The average Bonchev–Trinajstić information content (AvgIpc) is 2.62. The highest BCUT2D eigenvalue weighted by Crippen LogP contribution is 1.92. The first kappa shape index (κ1) is 28.4. The Morgan fingerprint density at radius 2 is 1.46 bits per heavy atom. The van der Waals surface area contributed by atoms with Crippen molar-refractivity contribution in [2.45, 2.75) is 40.0 Å². The molecule has 0 rings (SSSR count). The molecule has 0 bridgehead atoms. The molecule has 1 N–H and O–H groups in total. The van der Waals surface area contributed by atoms with Crippen LogP contribution < -0.4 is 0 Å². The van der Waals surface area contributed by atoms with Gasteiger partial charge in [-0.25, -0.2) is 14.4 Å². The van der Waals surface area contributed by atoms with E-state index in [-0.39, 0.29) is 25.2 Å². The number of hydrogen-bond donors (Lipinski definition) is 1. The van der Waals surface area contributed by atoms with Crippen LogP contribution in [0.25, 0.3) is 0 Å². The van der Waals surface area contributed by atoms with Crippen LogP contribution in [0.1, 0.15) is 40.0 Å². The van der Waals surface area contributed by atoms with Crippen LogP contribution in [-0.2, 0) is 28.6 Å². The zero-order chi connectivity index (χ0) is 21.0. The highest BCUT2D eigenvalue weighted by Gasteiger charge is 2.00. The summed E-state index contributed by atoms with van der Waals surface area (Å²) in [6.07, 6.45) is 3.64. The van der Waals surface area contributed by atoms with Gasteiger partial charge < -0.3 is 19.3 Å². The summed E-state index contributed by atoms with van der Waals surface area (Å²) in [5.41, 5.74) is 0.820. The molecule has 0 aromatic rings. The van der Waals surface area contributed by atoms with Gasteiger partial charge in [0, 0.05) is 30.2 Å². The van der Waals surface area contributed by atoms with Crippen molar-refractivity contribution in [3.63, 3.8) is 0 Å². The van der Waals surface area contributed by atoms with Crippen LogP contribution in [0.15, 0.2) is 37.0 Å². The molecule has 0 heterocycles. The average molecular weight is 372 g/mol. The summed E-state index contributed by atoms with van der Waals surface area (Å²) in [4.78, 5) is 31.2. The number of aliphatic hydroxyl groups is 1. The summed E-state index contributed by atoms with van der Waals surface area (Å²) >= 11 is 0. The van der Waals surface area contributed by atoms with E-state index in [1.54, 1.807) is 13.8 Å². The molecule has 7 nitrogen and oxygen atoms in total. The largest absolute Gasteiger partial charge is 0.466 e. The third kappa shape index (κ3) is 23.9. The second-order valence-corrected chi connectivity index (χ2v) is 4.99. The Morgan fingerprint density at radius 1 is 0.962 bits per heavy atom. The minimum Gasteiger partial charge on any atom is -0.466 e. The van der Waals surface area contributed by atoms with Crippen molar-refractivity contribution in [2.24, 2.45) is 0 Å². The van der Waals surface area contributed by atoms with Crippen LogP contribution in [-0.4, -0.2) is 49.9 Å². The number of rotatable bonds is 9. The van der Waals surface area contributed by atoms with Crippen molar-refractivity contribution < 1.29 is 33.7 Å². The first-order valence-corrected chi connectivity index (χ1v) is 8.14. The number of aliphatic hydroxyl groups excluding tert-OH is 1. The summed E-state index contributed by atoms with van der Waals surface area (Å²) < 4.78 is 13.6. The van der Waals surface area contributed by atoms with Gasteiger partial charge in [-0.1, -0.05) is 33.1 Å². The zero-order valence-corrected chi connectivity index (χ0v) is 16.3. The number of hydrogen-bond acceptors (Lipinski definition) is 7. The quantitative estimate of drug-likeness (QED) is 0.287. The molecule has 0 aromatic carbocycles. The van der Waals surface area contributed by atoms with E-state index in [1.165, 1.54) is 13.2 Å². The Labute approximate surface area is 156 Å². The van der Waals surface area contributed by atoms with Crippen LogP contribution >= 0.6 is 0 Å². The molecule has 0 saturated carbocycles. The minimum atomic E-state index is -0.395. The monoisotopic (exact) mass is 372 g/mol. The molecular weight excluding hydrogens is 340 g/mol. The smallest absolute Gasteiger partial charge is 0.333 e. The van der Waals surface area contributed by atoms with Gasteiger partial charge in [0.05, 0.1) is 20.3 Å². The van der Waals surface area contributed by atoms with E-state index in [1.807, 2.05) is 6.92 Å². The fraction of sp³-hybridized carbons (Fsp3) is 0.526. The molecule has 0 aromatic heterocycles. The summed E-state index contributed by atoms with van der Waals surface area (Å²) in [5.74, 6) is -1.07. The predicted octanol–water partition coefficient (Wildman–Crippen LogP) is 2.74. The van der Waals surface area contributed by atoms with E-state index in [9.17, 15) is 14.4 Å². The summed E-state index contributed by atoms with van der Waals surface area (Å²) in [7, 11) is 1.33. The predicted molar refractivity (Wildman–Crippen MR) is 100 cm³/mol. The van der Waals surface area contributed by atoms with Crippen LogP contribution in [0.5, 0.6) is 0 Å². The summed E-state index contributed by atoms with van der Waals surface area (Å²) in [5, 5.41) is 8.30. The highest BCUT2D eigenvalue weighted by atomic mass is 16.5. The van der Waals surface area contributed by atoms with Gasteiger partial charge >= 0.3 is 17.9 Å². The van der Waals surface area contributed by atoms with E-state index < -0.39 is 5.97 Å². The summed E-state index contributed by atoms with van der Waals surface area (Å²) in [6.45, 7) is 16.1. The molecule has 150 valence electrons. The van der Waals surface area contributed by atoms with E-state index in [2.05, 4.69) is 33.9 Å². The second-order valence-electron chi connectivity index (χ2n) is 4.99. The molecule has 0 unspecified atom stereocenters. The Morgan fingerprint density at radius 3 is 1.77 bits per heavy atom. The van der Waals surface area contributed by atoms with Crippen LogP contribution in [0.4, 0.5) is 0 Å². The number of unbranched alkanes of at least 4 members (excludes halogenated alkanes) is 1. The molecule has 0 spiro atoms.